The molecule has 0 saturated heterocycles. The molecule has 3 nitrogen and oxygen atoms in total. The fourth-order valence-electron chi connectivity index (χ4n) is 1.69. The van der Waals surface area contributed by atoms with Gasteiger partial charge in [0.1, 0.15) is 0 Å². The number of thiophene rings is 1. The van der Waals surface area contributed by atoms with Gasteiger partial charge in [-0.2, -0.15) is 24.5 Å². The van der Waals surface area contributed by atoms with E-state index in [9.17, 15) is 18.3 Å². The Balaban J connectivity index is 2.04. The highest BCUT2D eigenvalue weighted by Gasteiger charge is 2.30. The number of aliphatic hydroxyl groups is 1. The predicted octanol–water partition coefficient (Wildman–Crippen LogP) is 3.49. The second-order valence-electron chi connectivity index (χ2n) is 4.25. The molecule has 1 atom stereocenters. The van der Waals surface area contributed by atoms with Crippen LogP contribution in [0.2, 0.25) is 0 Å². The Labute approximate surface area is 117 Å². The van der Waals surface area contributed by atoms with Gasteiger partial charge in [-0.1, -0.05) is 0 Å². The summed E-state index contributed by atoms with van der Waals surface area (Å²) in [5.74, 6) is 0. The van der Waals surface area contributed by atoms with Crippen LogP contribution in [-0.4, -0.2) is 11.7 Å². The van der Waals surface area contributed by atoms with E-state index < -0.39 is 17.8 Å². The van der Waals surface area contributed by atoms with Crippen molar-refractivity contribution in [3.63, 3.8) is 0 Å². The molecule has 0 aliphatic heterocycles. The summed E-state index contributed by atoms with van der Waals surface area (Å²) in [5.41, 5.74) is 5.91. The number of aliphatic hydroxyl groups excluding tert-OH is 1. The van der Waals surface area contributed by atoms with E-state index in [-0.39, 0.29) is 12.2 Å². The molecule has 7 heteroatoms. The van der Waals surface area contributed by atoms with Crippen LogP contribution < -0.4 is 11.1 Å². The third-order valence-electron chi connectivity index (χ3n) is 2.79. The van der Waals surface area contributed by atoms with Crippen molar-refractivity contribution in [3.8, 4) is 0 Å². The Morgan fingerprint density at radius 3 is 2.60 bits per heavy atom. The minimum absolute atomic E-state index is 0.00246. The summed E-state index contributed by atoms with van der Waals surface area (Å²) in [5, 5.41) is 16.4. The SMILES string of the molecule is Nc1cc(C(F)(F)F)ccc1NCC(O)c1ccsc1. The standard InChI is InChI=1S/C13H13F3N2OS/c14-13(15,16)9-1-2-11(10(17)5-9)18-6-12(19)8-3-4-20-7-8/h1-5,7,12,18-19H,6,17H2. The van der Waals surface area contributed by atoms with E-state index in [0.717, 1.165) is 17.7 Å². The number of benzene rings is 1. The van der Waals surface area contributed by atoms with Gasteiger partial charge in [0.05, 0.1) is 23.0 Å². The minimum atomic E-state index is -4.41. The summed E-state index contributed by atoms with van der Waals surface area (Å²) in [7, 11) is 0. The average molecular weight is 302 g/mol. The molecule has 108 valence electrons. The molecule has 0 saturated carbocycles. The third kappa shape index (κ3) is 3.43. The van der Waals surface area contributed by atoms with Gasteiger partial charge >= 0.3 is 6.18 Å². The lowest BCUT2D eigenvalue weighted by Gasteiger charge is -2.15. The van der Waals surface area contributed by atoms with Gasteiger partial charge in [0, 0.05) is 6.54 Å². The van der Waals surface area contributed by atoms with Crippen molar-refractivity contribution in [1.82, 2.24) is 0 Å². The number of hydrogen-bond acceptors (Lipinski definition) is 4. The Bertz CT molecular complexity index is 569. The van der Waals surface area contributed by atoms with Gasteiger partial charge in [-0.3, -0.25) is 0 Å². The zero-order chi connectivity index (χ0) is 14.8. The van der Waals surface area contributed by atoms with Crippen LogP contribution in [0.1, 0.15) is 17.2 Å². The fourth-order valence-corrected chi connectivity index (χ4v) is 2.40. The highest BCUT2D eigenvalue weighted by molar-refractivity contribution is 7.07. The first-order chi connectivity index (χ1) is 9.38. The molecule has 2 aromatic rings. The van der Waals surface area contributed by atoms with Crippen LogP contribution in [0.5, 0.6) is 0 Å². The van der Waals surface area contributed by atoms with Crippen molar-refractivity contribution < 1.29 is 18.3 Å². The molecule has 2 rings (SSSR count). The predicted molar refractivity (Wildman–Crippen MR) is 73.6 cm³/mol. The topological polar surface area (TPSA) is 58.3 Å². The van der Waals surface area contributed by atoms with E-state index >= 15 is 0 Å². The van der Waals surface area contributed by atoms with Crippen molar-refractivity contribution in [2.24, 2.45) is 0 Å². The Morgan fingerprint density at radius 1 is 1.30 bits per heavy atom. The molecule has 0 spiro atoms. The number of alkyl halides is 3. The van der Waals surface area contributed by atoms with E-state index in [1.54, 1.807) is 6.07 Å². The molecule has 20 heavy (non-hydrogen) atoms. The van der Waals surface area contributed by atoms with Crippen LogP contribution in [0.15, 0.2) is 35.0 Å². The number of nitrogens with one attached hydrogen (secondary N) is 1. The van der Waals surface area contributed by atoms with Gasteiger partial charge in [0.15, 0.2) is 0 Å². The highest BCUT2D eigenvalue weighted by Crippen LogP contribution is 2.33. The summed E-state index contributed by atoms with van der Waals surface area (Å²) in [6.45, 7) is 0.173. The number of halogens is 3. The van der Waals surface area contributed by atoms with Crippen LogP contribution in [0, 0.1) is 0 Å². The summed E-state index contributed by atoms with van der Waals surface area (Å²) in [6, 6.07) is 4.88. The van der Waals surface area contributed by atoms with Gasteiger partial charge in [-0.25, -0.2) is 0 Å². The van der Waals surface area contributed by atoms with Crippen molar-refractivity contribution in [2.45, 2.75) is 12.3 Å². The van der Waals surface area contributed by atoms with E-state index in [1.807, 2.05) is 10.8 Å². The molecule has 1 aromatic heterocycles. The minimum Gasteiger partial charge on any atom is -0.397 e. The summed E-state index contributed by atoms with van der Waals surface area (Å²) in [6.07, 6.45) is -5.15. The van der Waals surface area contributed by atoms with Gasteiger partial charge in [-0.05, 0) is 40.6 Å². The third-order valence-corrected chi connectivity index (χ3v) is 3.49. The highest BCUT2D eigenvalue weighted by atomic mass is 32.1. The zero-order valence-electron chi connectivity index (χ0n) is 10.3. The van der Waals surface area contributed by atoms with Crippen LogP contribution in [0.3, 0.4) is 0 Å². The number of nitrogen functional groups attached to an aromatic ring is 1. The van der Waals surface area contributed by atoms with E-state index in [2.05, 4.69) is 5.32 Å². The molecule has 1 heterocycles. The first-order valence-corrected chi connectivity index (χ1v) is 6.73. The Kier molecular flexibility index (Phi) is 4.20. The van der Waals surface area contributed by atoms with Gasteiger partial charge < -0.3 is 16.2 Å². The van der Waals surface area contributed by atoms with Gasteiger partial charge in [0.25, 0.3) is 0 Å². The van der Waals surface area contributed by atoms with E-state index in [0.29, 0.717) is 5.69 Å². The average Bonchev–Trinajstić information content (AvgIpc) is 2.89. The van der Waals surface area contributed by atoms with Crippen LogP contribution in [-0.2, 0) is 6.18 Å². The molecule has 0 fully saturated rings. The molecule has 1 unspecified atom stereocenters. The fraction of sp³-hybridized carbons (Fsp3) is 0.231. The molecule has 1 aromatic carbocycles. The molecular formula is C13H13F3N2OS. The van der Waals surface area contributed by atoms with Crippen LogP contribution >= 0.6 is 11.3 Å². The molecule has 4 N–H and O–H groups in total. The first-order valence-electron chi connectivity index (χ1n) is 5.78. The molecule has 0 aliphatic rings. The summed E-state index contributed by atoms with van der Waals surface area (Å²) < 4.78 is 37.5. The number of anilines is 2. The lowest BCUT2D eigenvalue weighted by Crippen LogP contribution is -2.13. The van der Waals surface area contributed by atoms with E-state index in [1.165, 1.54) is 17.4 Å². The van der Waals surface area contributed by atoms with Crippen LogP contribution in [0.25, 0.3) is 0 Å². The van der Waals surface area contributed by atoms with Crippen molar-refractivity contribution in [2.75, 3.05) is 17.6 Å². The second-order valence-corrected chi connectivity index (χ2v) is 5.03. The molecule has 0 bridgehead atoms. The monoisotopic (exact) mass is 302 g/mol. The summed E-state index contributed by atoms with van der Waals surface area (Å²) in [4.78, 5) is 0. The van der Waals surface area contributed by atoms with Crippen molar-refractivity contribution in [1.29, 1.82) is 0 Å². The lowest BCUT2D eigenvalue weighted by molar-refractivity contribution is -0.137. The lowest BCUT2D eigenvalue weighted by atomic mass is 10.1. The first kappa shape index (κ1) is 14.7. The number of nitrogens with two attached hydrogens (primary N) is 1. The summed E-state index contributed by atoms with van der Waals surface area (Å²) >= 11 is 1.46. The Morgan fingerprint density at radius 2 is 2.05 bits per heavy atom. The second kappa shape index (κ2) is 5.72. The largest absolute Gasteiger partial charge is 0.416 e. The maximum Gasteiger partial charge on any atom is 0.416 e. The Hall–Kier alpha value is -1.73. The molecule has 0 radical (unpaired) electrons. The molecule has 0 amide bonds. The quantitative estimate of drug-likeness (QED) is 0.758. The zero-order valence-corrected chi connectivity index (χ0v) is 11.1. The smallest absolute Gasteiger partial charge is 0.397 e. The van der Waals surface area contributed by atoms with Crippen LogP contribution in [0.4, 0.5) is 24.5 Å². The molecular weight excluding hydrogens is 289 g/mol. The molecule has 0 aliphatic carbocycles. The maximum atomic E-state index is 12.5. The number of hydrogen-bond donors (Lipinski definition) is 3. The number of rotatable bonds is 4. The van der Waals surface area contributed by atoms with E-state index in [4.69, 9.17) is 5.73 Å². The maximum absolute atomic E-state index is 12.5. The van der Waals surface area contributed by atoms with Crippen molar-refractivity contribution >= 4 is 22.7 Å². The van der Waals surface area contributed by atoms with Crippen molar-refractivity contribution in [3.05, 3.63) is 46.2 Å². The van der Waals surface area contributed by atoms with Gasteiger partial charge in [-0.15, -0.1) is 0 Å². The normalized spacial score (nSPS) is 13.2. The van der Waals surface area contributed by atoms with Gasteiger partial charge in [0.2, 0.25) is 0 Å².